The van der Waals surface area contributed by atoms with Crippen LogP contribution in [0.2, 0.25) is 0 Å². The first kappa shape index (κ1) is 14.7. The standard InChI is InChI=1S/C16H23NO3/c1-16(2,3)20-15(19)17-10-11-4-5-12-6-7-14(18)9-13(12)8-11/h6-7,9,11,18H,4-5,8,10H2,1-3H3,(H,17,19). The first-order valence-electron chi connectivity index (χ1n) is 7.11. The summed E-state index contributed by atoms with van der Waals surface area (Å²) in [5, 5.41) is 12.4. The lowest BCUT2D eigenvalue weighted by atomic mass is 9.84. The van der Waals surface area contributed by atoms with Crippen LogP contribution in [-0.2, 0) is 17.6 Å². The van der Waals surface area contributed by atoms with Gasteiger partial charge in [0, 0.05) is 6.54 Å². The Bertz CT molecular complexity index is 491. The second kappa shape index (κ2) is 5.73. The number of amides is 1. The van der Waals surface area contributed by atoms with Crippen LogP contribution in [0.4, 0.5) is 4.79 Å². The number of nitrogens with one attached hydrogen (secondary N) is 1. The average molecular weight is 277 g/mol. The van der Waals surface area contributed by atoms with Crippen molar-refractivity contribution in [1.29, 1.82) is 0 Å². The molecule has 0 aliphatic heterocycles. The van der Waals surface area contributed by atoms with Gasteiger partial charge in [0.2, 0.25) is 0 Å². The van der Waals surface area contributed by atoms with E-state index < -0.39 is 5.60 Å². The highest BCUT2D eigenvalue weighted by Crippen LogP contribution is 2.27. The minimum absolute atomic E-state index is 0.310. The fourth-order valence-electron chi connectivity index (χ4n) is 2.54. The maximum absolute atomic E-state index is 11.6. The molecule has 1 aromatic carbocycles. The third kappa shape index (κ3) is 4.15. The number of rotatable bonds is 2. The van der Waals surface area contributed by atoms with Crippen molar-refractivity contribution in [2.45, 2.75) is 45.6 Å². The smallest absolute Gasteiger partial charge is 0.407 e. The lowest BCUT2D eigenvalue weighted by molar-refractivity contribution is 0.0518. The Kier molecular flexibility index (Phi) is 4.21. The molecule has 0 radical (unpaired) electrons. The van der Waals surface area contributed by atoms with E-state index in [4.69, 9.17) is 4.74 Å². The third-order valence-electron chi connectivity index (χ3n) is 3.45. The summed E-state index contributed by atoms with van der Waals surface area (Å²) in [6, 6.07) is 5.55. The average Bonchev–Trinajstić information content (AvgIpc) is 2.33. The van der Waals surface area contributed by atoms with Gasteiger partial charge in [-0.05, 0) is 69.2 Å². The molecule has 2 N–H and O–H groups in total. The highest BCUT2D eigenvalue weighted by Gasteiger charge is 2.21. The number of fused-ring (bicyclic) bond motifs is 1. The van der Waals surface area contributed by atoms with Crippen molar-refractivity contribution in [3.63, 3.8) is 0 Å². The summed E-state index contributed by atoms with van der Waals surface area (Å²) in [6.07, 6.45) is 2.57. The van der Waals surface area contributed by atoms with Gasteiger partial charge >= 0.3 is 6.09 Å². The highest BCUT2D eigenvalue weighted by molar-refractivity contribution is 5.67. The second-order valence-corrected chi connectivity index (χ2v) is 6.44. The minimum Gasteiger partial charge on any atom is -0.508 e. The Labute approximate surface area is 120 Å². The van der Waals surface area contributed by atoms with Crippen LogP contribution in [0.3, 0.4) is 0 Å². The molecule has 0 heterocycles. The summed E-state index contributed by atoms with van der Waals surface area (Å²) in [7, 11) is 0. The number of aryl methyl sites for hydroxylation is 1. The van der Waals surface area contributed by atoms with Crippen LogP contribution in [-0.4, -0.2) is 23.3 Å². The number of benzene rings is 1. The summed E-state index contributed by atoms with van der Waals surface area (Å²) in [5.41, 5.74) is 2.03. The van der Waals surface area contributed by atoms with Crippen molar-refractivity contribution in [2.24, 2.45) is 5.92 Å². The number of phenols is 1. The fourth-order valence-corrected chi connectivity index (χ4v) is 2.54. The lowest BCUT2D eigenvalue weighted by Crippen LogP contribution is -2.36. The van der Waals surface area contributed by atoms with Crippen LogP contribution < -0.4 is 5.32 Å². The van der Waals surface area contributed by atoms with Gasteiger partial charge in [-0.3, -0.25) is 0 Å². The van der Waals surface area contributed by atoms with E-state index in [2.05, 4.69) is 5.32 Å². The van der Waals surface area contributed by atoms with Crippen molar-refractivity contribution < 1.29 is 14.6 Å². The van der Waals surface area contributed by atoms with Crippen molar-refractivity contribution >= 4 is 6.09 Å². The van der Waals surface area contributed by atoms with Gasteiger partial charge in [0.25, 0.3) is 0 Å². The molecule has 20 heavy (non-hydrogen) atoms. The van der Waals surface area contributed by atoms with E-state index in [1.54, 1.807) is 6.07 Å². The third-order valence-corrected chi connectivity index (χ3v) is 3.45. The van der Waals surface area contributed by atoms with Crippen LogP contribution in [0.15, 0.2) is 18.2 Å². The quantitative estimate of drug-likeness (QED) is 0.873. The monoisotopic (exact) mass is 277 g/mol. The van der Waals surface area contributed by atoms with E-state index in [0.29, 0.717) is 18.2 Å². The molecule has 0 fully saturated rings. The van der Waals surface area contributed by atoms with E-state index >= 15 is 0 Å². The highest BCUT2D eigenvalue weighted by atomic mass is 16.6. The van der Waals surface area contributed by atoms with Crippen molar-refractivity contribution in [3.8, 4) is 5.75 Å². The van der Waals surface area contributed by atoms with Crippen LogP contribution in [0.25, 0.3) is 0 Å². The molecule has 110 valence electrons. The zero-order chi connectivity index (χ0) is 14.8. The van der Waals surface area contributed by atoms with Gasteiger partial charge in [-0.1, -0.05) is 6.07 Å². The van der Waals surface area contributed by atoms with Gasteiger partial charge < -0.3 is 15.2 Å². The molecule has 1 aliphatic carbocycles. The number of ether oxygens (including phenoxy) is 1. The van der Waals surface area contributed by atoms with E-state index in [9.17, 15) is 9.90 Å². The molecule has 0 spiro atoms. The number of aromatic hydroxyl groups is 1. The number of phenolic OH excluding ortho intramolecular Hbond substituents is 1. The second-order valence-electron chi connectivity index (χ2n) is 6.44. The molecule has 4 nitrogen and oxygen atoms in total. The van der Waals surface area contributed by atoms with Crippen molar-refractivity contribution in [2.75, 3.05) is 6.54 Å². The summed E-state index contributed by atoms with van der Waals surface area (Å²) >= 11 is 0. The fraction of sp³-hybridized carbons (Fsp3) is 0.562. The van der Waals surface area contributed by atoms with Gasteiger partial charge in [0.15, 0.2) is 0 Å². The zero-order valence-electron chi connectivity index (χ0n) is 12.4. The SMILES string of the molecule is CC(C)(C)OC(=O)NCC1CCc2ccc(O)cc2C1. The molecule has 2 rings (SSSR count). The molecule has 1 unspecified atom stereocenters. The summed E-state index contributed by atoms with van der Waals surface area (Å²) in [5.74, 6) is 0.710. The maximum atomic E-state index is 11.6. The van der Waals surface area contributed by atoms with Crippen molar-refractivity contribution in [1.82, 2.24) is 5.32 Å². The maximum Gasteiger partial charge on any atom is 0.407 e. The molecule has 1 aromatic rings. The Hall–Kier alpha value is -1.71. The number of carbonyl (C=O) groups excluding carboxylic acids is 1. The molecule has 1 amide bonds. The Morgan fingerprint density at radius 3 is 2.85 bits per heavy atom. The van der Waals surface area contributed by atoms with E-state index in [1.165, 1.54) is 11.1 Å². The molecular weight excluding hydrogens is 254 g/mol. The van der Waals surface area contributed by atoms with Gasteiger partial charge in [0.1, 0.15) is 11.4 Å². The molecular formula is C16H23NO3. The van der Waals surface area contributed by atoms with Gasteiger partial charge in [0.05, 0.1) is 0 Å². The Morgan fingerprint density at radius 2 is 2.15 bits per heavy atom. The molecule has 0 saturated heterocycles. The largest absolute Gasteiger partial charge is 0.508 e. The number of alkyl carbamates (subject to hydrolysis) is 1. The number of hydrogen-bond donors (Lipinski definition) is 2. The molecule has 0 bridgehead atoms. The predicted molar refractivity (Wildman–Crippen MR) is 77.9 cm³/mol. The van der Waals surface area contributed by atoms with E-state index in [-0.39, 0.29) is 6.09 Å². The Morgan fingerprint density at radius 1 is 1.40 bits per heavy atom. The Balaban J connectivity index is 1.86. The first-order valence-corrected chi connectivity index (χ1v) is 7.11. The minimum atomic E-state index is -0.463. The van der Waals surface area contributed by atoms with Crippen molar-refractivity contribution in [3.05, 3.63) is 29.3 Å². The first-order chi connectivity index (χ1) is 9.33. The van der Waals surface area contributed by atoms with Crippen LogP contribution in [0.1, 0.15) is 38.3 Å². The van der Waals surface area contributed by atoms with Gasteiger partial charge in [-0.25, -0.2) is 4.79 Å². The topological polar surface area (TPSA) is 58.6 Å². The van der Waals surface area contributed by atoms with E-state index in [0.717, 1.165) is 19.3 Å². The summed E-state index contributed by atoms with van der Waals surface area (Å²) in [4.78, 5) is 11.6. The molecule has 0 aromatic heterocycles. The van der Waals surface area contributed by atoms with E-state index in [1.807, 2.05) is 32.9 Å². The summed E-state index contributed by atoms with van der Waals surface area (Å²) in [6.45, 7) is 6.18. The normalized spacial score (nSPS) is 18.2. The number of hydrogen-bond acceptors (Lipinski definition) is 3. The number of carbonyl (C=O) groups is 1. The molecule has 0 saturated carbocycles. The molecule has 1 aliphatic rings. The van der Waals surface area contributed by atoms with Crippen LogP contribution >= 0.6 is 0 Å². The van der Waals surface area contributed by atoms with Crippen LogP contribution in [0.5, 0.6) is 5.75 Å². The van der Waals surface area contributed by atoms with Gasteiger partial charge in [-0.15, -0.1) is 0 Å². The zero-order valence-corrected chi connectivity index (χ0v) is 12.4. The van der Waals surface area contributed by atoms with Gasteiger partial charge in [-0.2, -0.15) is 0 Å². The predicted octanol–water partition coefficient (Wildman–Crippen LogP) is 3.02. The van der Waals surface area contributed by atoms with Crippen LogP contribution in [0, 0.1) is 5.92 Å². The molecule has 4 heteroatoms. The lowest BCUT2D eigenvalue weighted by Gasteiger charge is -2.26. The molecule has 1 atom stereocenters. The summed E-state index contributed by atoms with van der Waals surface area (Å²) < 4.78 is 5.23.